The molecule has 0 unspecified atom stereocenters. The van der Waals surface area contributed by atoms with Gasteiger partial charge in [-0.15, -0.1) is 0 Å². The third-order valence-corrected chi connectivity index (χ3v) is 6.58. The number of ether oxygens (including phenoxy) is 1. The summed E-state index contributed by atoms with van der Waals surface area (Å²) >= 11 is 0. The van der Waals surface area contributed by atoms with E-state index in [1.807, 2.05) is 43.8 Å². The van der Waals surface area contributed by atoms with E-state index < -0.39 is 29.1 Å². The molecule has 0 radical (unpaired) electrons. The van der Waals surface area contributed by atoms with Gasteiger partial charge in [0.15, 0.2) is 0 Å². The van der Waals surface area contributed by atoms with Crippen molar-refractivity contribution in [1.29, 1.82) is 0 Å². The first kappa shape index (κ1) is 18.7. The molecule has 148 valence electrons. The van der Waals surface area contributed by atoms with Crippen LogP contribution in [0.25, 0.3) is 10.9 Å². The summed E-state index contributed by atoms with van der Waals surface area (Å²) in [5.74, 6) is -1.90. The second kappa shape index (κ2) is 5.95. The number of benzene rings is 1. The number of aromatic nitrogens is 1. The largest absolute Gasteiger partial charge is 0.465 e. The van der Waals surface area contributed by atoms with Gasteiger partial charge in [0.25, 0.3) is 0 Å². The number of amides is 1. The number of hydrogen-bond donors (Lipinski definition) is 1. The van der Waals surface area contributed by atoms with Gasteiger partial charge < -0.3 is 14.4 Å². The predicted molar refractivity (Wildman–Crippen MR) is 106 cm³/mol. The first-order valence-corrected chi connectivity index (χ1v) is 9.54. The summed E-state index contributed by atoms with van der Waals surface area (Å²) in [6, 6.07) is 6.15. The van der Waals surface area contributed by atoms with Crippen molar-refractivity contribution in [3.63, 3.8) is 0 Å². The van der Waals surface area contributed by atoms with E-state index in [0.717, 1.165) is 16.5 Å². The van der Waals surface area contributed by atoms with Gasteiger partial charge >= 0.3 is 5.97 Å². The number of hydrogen-bond acceptors (Lipinski definition) is 4. The molecule has 1 N–H and O–H groups in total. The van der Waals surface area contributed by atoms with Crippen LogP contribution in [-0.4, -0.2) is 44.8 Å². The molecule has 6 nitrogen and oxygen atoms in total. The van der Waals surface area contributed by atoms with Crippen LogP contribution < -0.4 is 0 Å². The van der Waals surface area contributed by atoms with Crippen molar-refractivity contribution >= 4 is 22.8 Å². The van der Waals surface area contributed by atoms with Gasteiger partial charge in [0.05, 0.1) is 13.0 Å². The summed E-state index contributed by atoms with van der Waals surface area (Å²) in [6.07, 6.45) is 5.65. The summed E-state index contributed by atoms with van der Waals surface area (Å²) in [4.78, 5) is 27.3. The first-order chi connectivity index (χ1) is 13.2. The zero-order valence-electron chi connectivity index (χ0n) is 16.9. The molecule has 1 amide bonds. The number of allylic oxidation sites excluding steroid dienone is 1. The third kappa shape index (κ3) is 2.12. The van der Waals surface area contributed by atoms with Gasteiger partial charge in [0.2, 0.25) is 11.6 Å². The molecule has 2 heterocycles. The Labute approximate surface area is 164 Å². The van der Waals surface area contributed by atoms with Crippen molar-refractivity contribution in [2.45, 2.75) is 44.4 Å². The highest BCUT2D eigenvalue weighted by Crippen LogP contribution is 2.58. The Balaban J connectivity index is 2.03. The smallest absolute Gasteiger partial charge is 0.360 e. The van der Waals surface area contributed by atoms with Crippen LogP contribution in [0.4, 0.5) is 0 Å². The molecule has 1 aliphatic carbocycles. The van der Waals surface area contributed by atoms with E-state index in [0.29, 0.717) is 6.42 Å². The minimum Gasteiger partial charge on any atom is -0.465 e. The summed E-state index contributed by atoms with van der Waals surface area (Å²) in [6.45, 7) is 5.57. The van der Waals surface area contributed by atoms with Crippen molar-refractivity contribution in [3.8, 4) is 0 Å². The number of carbonyl (C=O) groups excluding carboxylic acids is 2. The van der Waals surface area contributed by atoms with E-state index in [1.165, 1.54) is 23.6 Å². The SMILES string of the molecule is C/C=C/C(=O)N1C(C)(C)[C@@H]2Cc3cccc4c3c(cn4C)[C@@H]2[C@]1(O)C(=O)OC. The Morgan fingerprint density at radius 3 is 2.68 bits per heavy atom. The fourth-order valence-corrected chi connectivity index (χ4v) is 5.47. The molecule has 3 atom stereocenters. The second-order valence-electron chi connectivity index (χ2n) is 8.34. The van der Waals surface area contributed by atoms with Crippen LogP contribution in [0.3, 0.4) is 0 Å². The monoisotopic (exact) mass is 382 g/mol. The lowest BCUT2D eigenvalue weighted by Crippen LogP contribution is -2.60. The van der Waals surface area contributed by atoms with E-state index in [9.17, 15) is 14.7 Å². The average molecular weight is 382 g/mol. The maximum absolute atomic E-state index is 13.0. The minimum atomic E-state index is -2.07. The van der Waals surface area contributed by atoms with Crippen LogP contribution in [0.1, 0.15) is 37.8 Å². The Morgan fingerprint density at radius 1 is 1.32 bits per heavy atom. The standard InChI is InChI=1S/C22H26N2O4/c1-6-8-17(25)24-21(2,3)15-11-13-9-7-10-16-18(13)14(12-23(16)4)19(15)22(24,27)20(26)28-5/h6-10,12,15,19,27H,11H2,1-5H3/b8-6+/t15-,19+,22+/m1/s1. The van der Waals surface area contributed by atoms with E-state index in [-0.39, 0.29) is 5.92 Å². The van der Waals surface area contributed by atoms with Crippen molar-refractivity contribution in [3.05, 3.63) is 47.7 Å². The summed E-state index contributed by atoms with van der Waals surface area (Å²) in [5, 5.41) is 12.9. The fraction of sp³-hybridized carbons (Fsp3) is 0.455. The van der Waals surface area contributed by atoms with Gasteiger partial charge in [-0.05, 0) is 56.4 Å². The van der Waals surface area contributed by atoms with Crippen molar-refractivity contribution < 1.29 is 19.4 Å². The maximum Gasteiger partial charge on any atom is 0.360 e. The lowest BCUT2D eigenvalue weighted by atomic mass is 9.69. The number of nitrogens with zero attached hydrogens (tertiary/aromatic N) is 2. The summed E-state index contributed by atoms with van der Waals surface area (Å²) < 4.78 is 7.03. The number of methoxy groups -OCH3 is 1. The van der Waals surface area contributed by atoms with E-state index in [1.54, 1.807) is 13.0 Å². The van der Waals surface area contributed by atoms with Crippen molar-refractivity contribution in [1.82, 2.24) is 9.47 Å². The number of fused-ring (bicyclic) bond motifs is 2. The zero-order chi connectivity index (χ0) is 20.4. The van der Waals surface area contributed by atoms with Crippen LogP contribution in [0.15, 0.2) is 36.5 Å². The Hall–Kier alpha value is -2.60. The van der Waals surface area contributed by atoms with Gasteiger partial charge in [-0.1, -0.05) is 18.2 Å². The van der Waals surface area contributed by atoms with Crippen LogP contribution in [0, 0.1) is 5.92 Å². The lowest BCUT2D eigenvalue weighted by molar-refractivity contribution is -0.192. The number of aryl methyl sites for hydroxylation is 1. The second-order valence-corrected chi connectivity index (χ2v) is 8.34. The molecule has 0 spiro atoms. The van der Waals surface area contributed by atoms with E-state index in [2.05, 4.69) is 6.07 Å². The first-order valence-electron chi connectivity index (χ1n) is 9.54. The molecule has 2 aliphatic rings. The number of rotatable bonds is 2. The fourth-order valence-electron chi connectivity index (χ4n) is 5.47. The van der Waals surface area contributed by atoms with Crippen molar-refractivity contribution in [2.24, 2.45) is 13.0 Å². The Kier molecular flexibility index (Phi) is 3.98. The molecule has 1 aromatic heterocycles. The summed E-state index contributed by atoms with van der Waals surface area (Å²) in [5.41, 5.74) is 0.298. The Bertz CT molecular complexity index is 1020. The third-order valence-electron chi connectivity index (χ3n) is 6.58. The highest BCUT2D eigenvalue weighted by atomic mass is 16.5. The molecule has 1 aromatic carbocycles. The number of esters is 1. The number of likely N-dealkylation sites (tertiary alicyclic amines) is 1. The molecule has 1 fully saturated rings. The van der Waals surface area contributed by atoms with Crippen LogP contribution in [-0.2, 0) is 27.8 Å². The van der Waals surface area contributed by atoms with Gasteiger partial charge in [-0.3, -0.25) is 9.69 Å². The minimum absolute atomic E-state index is 0.133. The van der Waals surface area contributed by atoms with Gasteiger partial charge in [-0.25, -0.2) is 4.79 Å². The van der Waals surface area contributed by atoms with Crippen LogP contribution >= 0.6 is 0 Å². The average Bonchev–Trinajstić information content (AvgIpc) is 3.07. The Morgan fingerprint density at radius 2 is 2.04 bits per heavy atom. The topological polar surface area (TPSA) is 71.8 Å². The summed E-state index contributed by atoms with van der Waals surface area (Å²) in [7, 11) is 3.20. The zero-order valence-corrected chi connectivity index (χ0v) is 16.9. The van der Waals surface area contributed by atoms with Crippen LogP contribution in [0.2, 0.25) is 0 Å². The molecule has 6 heteroatoms. The molecule has 1 saturated heterocycles. The quantitative estimate of drug-likeness (QED) is 0.640. The highest BCUT2D eigenvalue weighted by molar-refractivity contribution is 5.97. The number of carbonyl (C=O) groups is 2. The van der Waals surface area contributed by atoms with Crippen molar-refractivity contribution in [2.75, 3.05) is 7.11 Å². The molecule has 0 bridgehead atoms. The predicted octanol–water partition coefficient (Wildman–Crippen LogP) is 2.49. The maximum atomic E-state index is 13.0. The molecule has 4 rings (SSSR count). The lowest BCUT2D eigenvalue weighted by Gasteiger charge is -2.40. The van der Waals surface area contributed by atoms with Crippen LogP contribution in [0.5, 0.6) is 0 Å². The number of aliphatic hydroxyl groups is 1. The van der Waals surface area contributed by atoms with Gasteiger partial charge in [0, 0.05) is 29.7 Å². The van der Waals surface area contributed by atoms with Gasteiger partial charge in [-0.2, -0.15) is 0 Å². The molecule has 1 aliphatic heterocycles. The normalized spacial score (nSPS) is 28.0. The van der Waals surface area contributed by atoms with E-state index in [4.69, 9.17) is 4.74 Å². The molecule has 0 saturated carbocycles. The van der Waals surface area contributed by atoms with Gasteiger partial charge in [0.1, 0.15) is 0 Å². The van der Waals surface area contributed by atoms with E-state index >= 15 is 0 Å². The molecular formula is C22H26N2O4. The molecule has 28 heavy (non-hydrogen) atoms. The highest BCUT2D eigenvalue weighted by Gasteiger charge is 2.69. The molecular weight excluding hydrogens is 356 g/mol. The molecule has 2 aromatic rings.